The molecule has 0 spiro atoms. The van der Waals surface area contributed by atoms with E-state index in [1.54, 1.807) is 0 Å². The van der Waals surface area contributed by atoms with E-state index in [2.05, 4.69) is 18.7 Å². The van der Waals surface area contributed by atoms with Crippen LogP contribution in [0.3, 0.4) is 0 Å². The molecule has 1 heterocycles. The maximum absolute atomic E-state index is 2.76. The van der Waals surface area contributed by atoms with Crippen LogP contribution in [0.25, 0.3) is 0 Å². The summed E-state index contributed by atoms with van der Waals surface area (Å²) in [6.07, 6.45) is 13.2. The molecule has 0 aromatic carbocycles. The first-order valence-electron chi connectivity index (χ1n) is 7.43. The van der Waals surface area contributed by atoms with Gasteiger partial charge in [-0.05, 0) is 52.1 Å². The summed E-state index contributed by atoms with van der Waals surface area (Å²) in [5.74, 6) is 1.02. The summed E-state index contributed by atoms with van der Waals surface area (Å²) < 4.78 is 0. The van der Waals surface area contributed by atoms with Crippen molar-refractivity contribution in [2.75, 3.05) is 13.1 Å². The minimum Gasteiger partial charge on any atom is -0.298 e. The second-order valence-electron chi connectivity index (χ2n) is 6.57. The van der Waals surface area contributed by atoms with Crippen LogP contribution in [0.2, 0.25) is 0 Å². The molecule has 0 bridgehead atoms. The fraction of sp³-hybridized carbons (Fsp3) is 1.00. The van der Waals surface area contributed by atoms with Crippen LogP contribution in [0.15, 0.2) is 0 Å². The zero-order valence-electron chi connectivity index (χ0n) is 11.3. The van der Waals surface area contributed by atoms with Crippen LogP contribution in [0.5, 0.6) is 0 Å². The van der Waals surface area contributed by atoms with E-state index in [9.17, 15) is 0 Å². The molecule has 2 fully saturated rings. The zero-order valence-corrected chi connectivity index (χ0v) is 11.3. The van der Waals surface area contributed by atoms with Crippen LogP contribution in [0.1, 0.15) is 71.6 Å². The Morgan fingerprint density at radius 2 is 1.44 bits per heavy atom. The van der Waals surface area contributed by atoms with Gasteiger partial charge in [-0.15, -0.1) is 0 Å². The second-order valence-corrected chi connectivity index (χ2v) is 6.57. The first-order valence-corrected chi connectivity index (χ1v) is 7.43. The average molecular weight is 223 g/mol. The van der Waals surface area contributed by atoms with Gasteiger partial charge in [-0.3, -0.25) is 4.90 Å². The molecule has 16 heavy (non-hydrogen) atoms. The molecule has 1 saturated heterocycles. The average Bonchev–Trinajstić information content (AvgIpc) is 2.31. The van der Waals surface area contributed by atoms with Crippen molar-refractivity contribution in [3.05, 3.63) is 0 Å². The SMILES string of the molecule is CC(C)(CC1CCCCC1)N1CCCCC1. The van der Waals surface area contributed by atoms with E-state index >= 15 is 0 Å². The molecule has 1 aliphatic carbocycles. The van der Waals surface area contributed by atoms with E-state index < -0.39 is 0 Å². The molecule has 2 aliphatic rings. The van der Waals surface area contributed by atoms with Crippen molar-refractivity contribution in [3.8, 4) is 0 Å². The number of piperidine rings is 1. The Bertz CT molecular complexity index is 197. The molecular weight excluding hydrogens is 194 g/mol. The van der Waals surface area contributed by atoms with Gasteiger partial charge in [0.05, 0.1) is 0 Å². The Morgan fingerprint density at radius 1 is 0.875 bits per heavy atom. The molecule has 0 aromatic rings. The number of hydrogen-bond donors (Lipinski definition) is 0. The normalized spacial score (nSPS) is 25.9. The Balaban J connectivity index is 1.84. The lowest BCUT2D eigenvalue weighted by atomic mass is 9.79. The van der Waals surface area contributed by atoms with E-state index in [1.807, 2.05) is 0 Å². The fourth-order valence-electron chi connectivity index (χ4n) is 3.73. The van der Waals surface area contributed by atoms with E-state index in [-0.39, 0.29) is 0 Å². The van der Waals surface area contributed by atoms with Crippen LogP contribution >= 0.6 is 0 Å². The van der Waals surface area contributed by atoms with E-state index in [1.165, 1.54) is 70.9 Å². The van der Waals surface area contributed by atoms with Gasteiger partial charge in [-0.2, -0.15) is 0 Å². The molecule has 0 atom stereocenters. The molecule has 0 unspecified atom stereocenters. The molecule has 1 aliphatic heterocycles. The molecule has 0 radical (unpaired) electrons. The van der Waals surface area contributed by atoms with Crippen molar-refractivity contribution in [3.63, 3.8) is 0 Å². The lowest BCUT2D eigenvalue weighted by Crippen LogP contribution is -2.47. The maximum Gasteiger partial charge on any atom is 0.0155 e. The minimum absolute atomic E-state index is 0.461. The van der Waals surface area contributed by atoms with Gasteiger partial charge in [-0.1, -0.05) is 38.5 Å². The van der Waals surface area contributed by atoms with Gasteiger partial charge in [-0.25, -0.2) is 0 Å². The van der Waals surface area contributed by atoms with Gasteiger partial charge in [0.15, 0.2) is 0 Å². The summed E-state index contributed by atoms with van der Waals surface area (Å²) in [6.45, 7) is 7.65. The maximum atomic E-state index is 2.76. The van der Waals surface area contributed by atoms with E-state index in [0.717, 1.165) is 5.92 Å². The van der Waals surface area contributed by atoms with Crippen molar-refractivity contribution in [2.24, 2.45) is 5.92 Å². The standard InChI is InChI=1S/C15H29N/c1-15(2,16-11-7-4-8-12-16)13-14-9-5-3-6-10-14/h14H,3-13H2,1-2H3. The van der Waals surface area contributed by atoms with Crippen LogP contribution < -0.4 is 0 Å². The molecule has 1 saturated carbocycles. The van der Waals surface area contributed by atoms with Crippen LogP contribution in [-0.2, 0) is 0 Å². The first kappa shape index (κ1) is 12.4. The molecule has 2 rings (SSSR count). The largest absolute Gasteiger partial charge is 0.298 e. The monoisotopic (exact) mass is 223 g/mol. The van der Waals surface area contributed by atoms with Crippen molar-refractivity contribution >= 4 is 0 Å². The number of nitrogens with zero attached hydrogens (tertiary/aromatic N) is 1. The third kappa shape index (κ3) is 3.23. The van der Waals surface area contributed by atoms with Gasteiger partial charge in [0.1, 0.15) is 0 Å². The van der Waals surface area contributed by atoms with E-state index in [4.69, 9.17) is 0 Å². The summed E-state index contributed by atoms with van der Waals surface area (Å²) in [6, 6.07) is 0. The topological polar surface area (TPSA) is 3.24 Å². The Hall–Kier alpha value is -0.0400. The smallest absolute Gasteiger partial charge is 0.0155 e. The quantitative estimate of drug-likeness (QED) is 0.692. The van der Waals surface area contributed by atoms with Crippen molar-refractivity contribution in [1.82, 2.24) is 4.90 Å². The van der Waals surface area contributed by atoms with Gasteiger partial charge < -0.3 is 0 Å². The molecule has 0 amide bonds. The van der Waals surface area contributed by atoms with Crippen molar-refractivity contribution in [1.29, 1.82) is 0 Å². The number of likely N-dealkylation sites (tertiary alicyclic amines) is 1. The van der Waals surface area contributed by atoms with Crippen molar-refractivity contribution < 1.29 is 0 Å². The summed E-state index contributed by atoms with van der Waals surface area (Å²) in [5, 5.41) is 0. The lowest BCUT2D eigenvalue weighted by molar-refractivity contribution is 0.0668. The number of rotatable bonds is 3. The third-order valence-electron chi connectivity index (χ3n) is 4.73. The minimum atomic E-state index is 0.461. The third-order valence-corrected chi connectivity index (χ3v) is 4.73. The van der Waals surface area contributed by atoms with Crippen LogP contribution in [0.4, 0.5) is 0 Å². The van der Waals surface area contributed by atoms with Gasteiger partial charge >= 0.3 is 0 Å². The predicted octanol–water partition coefficient (Wildman–Crippen LogP) is 4.22. The summed E-state index contributed by atoms with van der Waals surface area (Å²) in [5.41, 5.74) is 0.461. The number of hydrogen-bond acceptors (Lipinski definition) is 1. The lowest BCUT2D eigenvalue weighted by Gasteiger charge is -2.43. The molecule has 94 valence electrons. The van der Waals surface area contributed by atoms with Gasteiger partial charge in [0.2, 0.25) is 0 Å². The Kier molecular flexibility index (Phi) is 4.29. The van der Waals surface area contributed by atoms with Crippen molar-refractivity contribution in [2.45, 2.75) is 77.2 Å². The molecular formula is C15H29N. The van der Waals surface area contributed by atoms with Crippen LogP contribution in [0, 0.1) is 5.92 Å². The summed E-state index contributed by atoms with van der Waals surface area (Å²) >= 11 is 0. The summed E-state index contributed by atoms with van der Waals surface area (Å²) in [4.78, 5) is 2.76. The molecule has 1 heteroatoms. The second kappa shape index (κ2) is 5.53. The Morgan fingerprint density at radius 3 is 2.06 bits per heavy atom. The molecule has 0 aromatic heterocycles. The summed E-state index contributed by atoms with van der Waals surface area (Å²) in [7, 11) is 0. The van der Waals surface area contributed by atoms with Crippen LogP contribution in [-0.4, -0.2) is 23.5 Å². The van der Waals surface area contributed by atoms with E-state index in [0.29, 0.717) is 5.54 Å². The molecule has 0 N–H and O–H groups in total. The van der Waals surface area contributed by atoms with Gasteiger partial charge in [0, 0.05) is 5.54 Å². The van der Waals surface area contributed by atoms with Gasteiger partial charge in [0.25, 0.3) is 0 Å². The highest BCUT2D eigenvalue weighted by Gasteiger charge is 2.30. The predicted molar refractivity (Wildman–Crippen MR) is 70.7 cm³/mol. The highest BCUT2D eigenvalue weighted by atomic mass is 15.2. The Labute approximate surface area is 102 Å². The first-order chi connectivity index (χ1) is 7.68. The fourth-order valence-corrected chi connectivity index (χ4v) is 3.73. The highest BCUT2D eigenvalue weighted by Crippen LogP contribution is 2.34. The highest BCUT2D eigenvalue weighted by molar-refractivity contribution is 4.86. The molecule has 1 nitrogen and oxygen atoms in total. The zero-order chi connectivity index (χ0) is 11.4.